The lowest BCUT2D eigenvalue weighted by atomic mass is 10.1. The molecule has 0 saturated carbocycles. The molecule has 4 nitrogen and oxygen atoms in total. The van der Waals surface area contributed by atoms with Gasteiger partial charge in [0, 0.05) is 19.7 Å². The average Bonchev–Trinajstić information content (AvgIpc) is 2.29. The first-order valence-corrected chi connectivity index (χ1v) is 5.62. The van der Waals surface area contributed by atoms with E-state index in [4.69, 9.17) is 4.74 Å². The Labute approximate surface area is 102 Å². The van der Waals surface area contributed by atoms with Crippen LogP contribution in [0.3, 0.4) is 0 Å². The van der Waals surface area contributed by atoms with E-state index in [9.17, 15) is 9.90 Å². The van der Waals surface area contributed by atoms with Crippen molar-refractivity contribution in [3.63, 3.8) is 0 Å². The Bertz CT molecular complexity index is 375. The van der Waals surface area contributed by atoms with Gasteiger partial charge in [-0.25, -0.2) is 0 Å². The van der Waals surface area contributed by atoms with Gasteiger partial charge in [-0.2, -0.15) is 0 Å². The first-order valence-electron chi connectivity index (χ1n) is 5.62. The maximum Gasteiger partial charge on any atom is 0.225 e. The van der Waals surface area contributed by atoms with Gasteiger partial charge < -0.3 is 14.7 Å². The second-order valence-corrected chi connectivity index (χ2v) is 4.10. The van der Waals surface area contributed by atoms with Crippen LogP contribution in [0.25, 0.3) is 0 Å². The molecule has 0 bridgehead atoms. The van der Waals surface area contributed by atoms with Crippen molar-refractivity contribution < 1.29 is 14.6 Å². The highest BCUT2D eigenvalue weighted by Crippen LogP contribution is 2.24. The van der Waals surface area contributed by atoms with Crippen LogP contribution in [0, 0.1) is 0 Å². The Morgan fingerprint density at radius 3 is 2.65 bits per heavy atom. The number of amides is 1. The normalized spacial score (nSPS) is 12.0. The SMILES string of the molecule is CC(O)c1ccccc1OCCC(=O)N(C)C. The zero-order valence-corrected chi connectivity index (χ0v) is 10.5. The Morgan fingerprint density at radius 1 is 1.41 bits per heavy atom. The largest absolute Gasteiger partial charge is 0.493 e. The number of para-hydroxylation sites is 1. The Hall–Kier alpha value is -1.55. The molecule has 0 radical (unpaired) electrons. The summed E-state index contributed by atoms with van der Waals surface area (Å²) in [7, 11) is 3.43. The molecule has 0 aromatic heterocycles. The van der Waals surface area contributed by atoms with E-state index in [0.717, 1.165) is 5.56 Å². The van der Waals surface area contributed by atoms with E-state index >= 15 is 0 Å². The molecule has 1 rings (SSSR count). The molecule has 4 heteroatoms. The van der Waals surface area contributed by atoms with E-state index in [-0.39, 0.29) is 5.91 Å². The van der Waals surface area contributed by atoms with Crippen LogP contribution in [-0.2, 0) is 4.79 Å². The van der Waals surface area contributed by atoms with Crippen molar-refractivity contribution in [3.05, 3.63) is 29.8 Å². The molecular weight excluding hydrogens is 218 g/mol. The number of benzene rings is 1. The van der Waals surface area contributed by atoms with E-state index in [1.54, 1.807) is 27.1 Å². The number of carbonyl (C=O) groups excluding carboxylic acids is 1. The summed E-state index contributed by atoms with van der Waals surface area (Å²) in [5.74, 6) is 0.661. The second-order valence-electron chi connectivity index (χ2n) is 4.10. The van der Waals surface area contributed by atoms with Crippen molar-refractivity contribution in [1.82, 2.24) is 4.90 Å². The van der Waals surface area contributed by atoms with Crippen LogP contribution in [0.15, 0.2) is 24.3 Å². The van der Waals surface area contributed by atoms with Gasteiger partial charge in [-0.15, -0.1) is 0 Å². The summed E-state index contributed by atoms with van der Waals surface area (Å²) in [6, 6.07) is 7.30. The van der Waals surface area contributed by atoms with Gasteiger partial charge in [0.05, 0.1) is 19.1 Å². The maximum atomic E-state index is 11.3. The smallest absolute Gasteiger partial charge is 0.225 e. The van der Waals surface area contributed by atoms with E-state index in [2.05, 4.69) is 0 Å². The van der Waals surface area contributed by atoms with E-state index in [0.29, 0.717) is 18.8 Å². The fraction of sp³-hybridized carbons (Fsp3) is 0.462. The molecule has 1 aromatic carbocycles. The molecule has 0 saturated heterocycles. The first-order chi connectivity index (χ1) is 8.02. The van der Waals surface area contributed by atoms with E-state index < -0.39 is 6.10 Å². The number of aliphatic hydroxyl groups is 1. The fourth-order valence-electron chi connectivity index (χ4n) is 1.43. The molecule has 0 aliphatic rings. The van der Waals surface area contributed by atoms with E-state index in [1.807, 2.05) is 18.2 Å². The van der Waals surface area contributed by atoms with Crippen molar-refractivity contribution in [1.29, 1.82) is 0 Å². The molecule has 0 fully saturated rings. The molecule has 1 atom stereocenters. The minimum Gasteiger partial charge on any atom is -0.493 e. The summed E-state index contributed by atoms with van der Waals surface area (Å²) in [5.41, 5.74) is 0.741. The number of carbonyl (C=O) groups is 1. The predicted octanol–water partition coefficient (Wildman–Crippen LogP) is 1.60. The molecule has 0 heterocycles. The quantitative estimate of drug-likeness (QED) is 0.846. The van der Waals surface area contributed by atoms with Gasteiger partial charge in [0.2, 0.25) is 5.91 Å². The van der Waals surface area contributed by atoms with Crippen molar-refractivity contribution in [2.75, 3.05) is 20.7 Å². The summed E-state index contributed by atoms with van der Waals surface area (Å²) >= 11 is 0. The van der Waals surface area contributed by atoms with Crippen molar-refractivity contribution in [3.8, 4) is 5.75 Å². The summed E-state index contributed by atoms with van der Waals surface area (Å²) < 4.78 is 5.51. The van der Waals surface area contributed by atoms with Crippen LogP contribution in [0.5, 0.6) is 5.75 Å². The molecule has 0 spiro atoms. The molecule has 0 aliphatic heterocycles. The molecular formula is C13H19NO3. The van der Waals surface area contributed by atoms with Gasteiger partial charge in [-0.3, -0.25) is 4.79 Å². The molecule has 1 N–H and O–H groups in total. The maximum absolute atomic E-state index is 11.3. The molecule has 17 heavy (non-hydrogen) atoms. The number of aliphatic hydroxyl groups excluding tert-OH is 1. The van der Waals surface area contributed by atoms with Crippen LogP contribution in [0.1, 0.15) is 25.0 Å². The lowest BCUT2D eigenvalue weighted by Gasteiger charge is -2.14. The topological polar surface area (TPSA) is 49.8 Å². The van der Waals surface area contributed by atoms with Gasteiger partial charge in [0.15, 0.2) is 0 Å². The minimum atomic E-state index is -0.573. The predicted molar refractivity (Wildman–Crippen MR) is 65.9 cm³/mol. The Balaban J connectivity index is 2.55. The molecule has 0 aliphatic carbocycles. The Morgan fingerprint density at radius 2 is 2.06 bits per heavy atom. The van der Waals surface area contributed by atoms with Crippen molar-refractivity contribution >= 4 is 5.91 Å². The second kappa shape index (κ2) is 6.25. The molecule has 1 unspecified atom stereocenters. The highest BCUT2D eigenvalue weighted by atomic mass is 16.5. The van der Waals surface area contributed by atoms with Gasteiger partial charge in [0.25, 0.3) is 0 Å². The van der Waals surface area contributed by atoms with Crippen LogP contribution >= 0.6 is 0 Å². The van der Waals surface area contributed by atoms with Gasteiger partial charge in [-0.05, 0) is 13.0 Å². The lowest BCUT2D eigenvalue weighted by molar-refractivity contribution is -0.129. The lowest BCUT2D eigenvalue weighted by Crippen LogP contribution is -2.23. The standard InChI is InChI=1S/C13H19NO3/c1-10(15)11-6-4-5-7-12(11)17-9-8-13(16)14(2)3/h4-7,10,15H,8-9H2,1-3H3. The zero-order valence-electron chi connectivity index (χ0n) is 10.5. The monoisotopic (exact) mass is 237 g/mol. The summed E-state index contributed by atoms with van der Waals surface area (Å²) in [5, 5.41) is 9.55. The number of nitrogens with zero attached hydrogens (tertiary/aromatic N) is 1. The third-order valence-corrected chi connectivity index (χ3v) is 2.44. The summed E-state index contributed by atoms with van der Waals surface area (Å²) in [6.07, 6.45) is -0.239. The third-order valence-electron chi connectivity index (χ3n) is 2.44. The minimum absolute atomic E-state index is 0.0273. The highest BCUT2D eigenvalue weighted by Gasteiger charge is 2.09. The molecule has 1 aromatic rings. The number of hydrogen-bond acceptors (Lipinski definition) is 3. The molecule has 94 valence electrons. The summed E-state index contributed by atoms with van der Waals surface area (Å²) in [4.78, 5) is 12.9. The zero-order chi connectivity index (χ0) is 12.8. The summed E-state index contributed by atoms with van der Waals surface area (Å²) in [6.45, 7) is 2.01. The van der Waals surface area contributed by atoms with Crippen LogP contribution in [-0.4, -0.2) is 36.6 Å². The van der Waals surface area contributed by atoms with Crippen LogP contribution in [0.4, 0.5) is 0 Å². The first kappa shape index (κ1) is 13.5. The highest BCUT2D eigenvalue weighted by molar-refractivity contribution is 5.75. The van der Waals surface area contributed by atoms with Crippen molar-refractivity contribution in [2.24, 2.45) is 0 Å². The van der Waals surface area contributed by atoms with Crippen LogP contribution in [0.2, 0.25) is 0 Å². The third kappa shape index (κ3) is 4.07. The van der Waals surface area contributed by atoms with Gasteiger partial charge in [0.1, 0.15) is 5.75 Å². The number of rotatable bonds is 5. The fourth-order valence-corrected chi connectivity index (χ4v) is 1.43. The van der Waals surface area contributed by atoms with Gasteiger partial charge in [-0.1, -0.05) is 18.2 Å². The number of hydrogen-bond donors (Lipinski definition) is 1. The van der Waals surface area contributed by atoms with Gasteiger partial charge >= 0.3 is 0 Å². The Kier molecular flexibility index (Phi) is 4.97. The van der Waals surface area contributed by atoms with E-state index in [1.165, 1.54) is 4.90 Å². The number of ether oxygens (including phenoxy) is 1. The van der Waals surface area contributed by atoms with Crippen molar-refractivity contribution in [2.45, 2.75) is 19.4 Å². The van der Waals surface area contributed by atoms with Crippen LogP contribution < -0.4 is 4.74 Å². The molecule has 1 amide bonds. The average molecular weight is 237 g/mol.